The van der Waals surface area contributed by atoms with Crippen molar-refractivity contribution in [2.45, 2.75) is 19.5 Å². The predicted octanol–water partition coefficient (Wildman–Crippen LogP) is 3.76. The lowest BCUT2D eigenvalue weighted by Gasteiger charge is -2.27. The lowest BCUT2D eigenvalue weighted by atomic mass is 9.89. The second kappa shape index (κ2) is 11.0. The molecule has 5 aromatic rings. The van der Waals surface area contributed by atoms with Gasteiger partial charge in [0.1, 0.15) is 17.5 Å². The molecule has 0 spiro atoms. The van der Waals surface area contributed by atoms with Gasteiger partial charge in [-0.1, -0.05) is 11.6 Å². The van der Waals surface area contributed by atoms with Crippen molar-refractivity contribution in [3.05, 3.63) is 109 Å². The van der Waals surface area contributed by atoms with Crippen molar-refractivity contribution in [3.63, 3.8) is 0 Å². The first-order chi connectivity index (χ1) is 21.0. The molecule has 0 saturated heterocycles. The molecule has 2 aromatic heterocycles. The highest BCUT2D eigenvalue weighted by atomic mass is 35.5. The number of carbonyl (C=O) groups is 1. The Morgan fingerprint density at radius 1 is 0.977 bits per heavy atom. The third-order valence-corrected chi connectivity index (χ3v) is 7.98. The van der Waals surface area contributed by atoms with Crippen LogP contribution in [0.25, 0.3) is 22.0 Å². The van der Waals surface area contributed by atoms with E-state index in [1.807, 2.05) is 0 Å². The van der Waals surface area contributed by atoms with Crippen LogP contribution in [-0.2, 0) is 26.6 Å². The van der Waals surface area contributed by atoms with Crippen molar-refractivity contribution < 1.29 is 22.7 Å². The Morgan fingerprint density at radius 3 is 2.36 bits per heavy atom. The molecule has 0 radical (unpaired) electrons. The van der Waals surface area contributed by atoms with E-state index in [4.69, 9.17) is 16.3 Å². The number of aryl methyl sites for hydroxylation is 1. The summed E-state index contributed by atoms with van der Waals surface area (Å²) in [7, 11) is 4.67. The summed E-state index contributed by atoms with van der Waals surface area (Å²) < 4.78 is 51.3. The summed E-state index contributed by atoms with van der Waals surface area (Å²) >= 11 is 6.69. The van der Waals surface area contributed by atoms with Crippen molar-refractivity contribution in [2.75, 3.05) is 20.7 Å². The van der Waals surface area contributed by atoms with Crippen LogP contribution in [0, 0.1) is 17.5 Å². The number of methoxy groups -OCH3 is 1. The van der Waals surface area contributed by atoms with E-state index in [-0.39, 0.29) is 40.5 Å². The van der Waals surface area contributed by atoms with E-state index in [2.05, 4.69) is 10.1 Å². The molecular formula is C30H24ClF3N6O4. The number of halogens is 4. The van der Waals surface area contributed by atoms with Crippen LogP contribution >= 0.6 is 11.6 Å². The molecular weight excluding hydrogens is 601 g/mol. The van der Waals surface area contributed by atoms with Crippen LogP contribution in [-0.4, -0.2) is 55.4 Å². The average Bonchev–Trinajstić information content (AvgIpc) is 3.41. The molecule has 1 aliphatic rings. The molecule has 3 heterocycles. The highest BCUT2D eigenvalue weighted by Crippen LogP contribution is 2.39. The molecule has 10 nitrogen and oxygen atoms in total. The zero-order valence-electron chi connectivity index (χ0n) is 23.7. The summed E-state index contributed by atoms with van der Waals surface area (Å²) in [4.78, 5) is 46.5. The van der Waals surface area contributed by atoms with Gasteiger partial charge in [0.15, 0.2) is 23.3 Å². The number of benzene rings is 3. The Kier molecular flexibility index (Phi) is 7.28. The molecule has 0 aliphatic carbocycles. The highest BCUT2D eigenvalue weighted by Gasteiger charge is 2.27. The molecule has 0 saturated carbocycles. The number of likely N-dealkylation sites (N-methyl/N-ethyl adjacent to an activating group) is 1. The molecule has 1 aliphatic heterocycles. The van der Waals surface area contributed by atoms with E-state index in [1.165, 1.54) is 18.1 Å². The van der Waals surface area contributed by atoms with Crippen molar-refractivity contribution in [3.8, 4) is 16.9 Å². The zero-order valence-corrected chi connectivity index (χ0v) is 24.5. The number of hydrogen-bond acceptors (Lipinski definition) is 6. The number of aromatic nitrogens is 5. The summed E-state index contributed by atoms with van der Waals surface area (Å²) in [6.07, 6.45) is 1.90. The van der Waals surface area contributed by atoms with Crippen LogP contribution in [0.4, 0.5) is 13.2 Å². The van der Waals surface area contributed by atoms with Gasteiger partial charge in [0.2, 0.25) is 0 Å². The third-order valence-electron chi connectivity index (χ3n) is 7.67. The number of carbonyl (C=O) groups excluding carboxylic acids is 1. The Labute approximate surface area is 252 Å². The lowest BCUT2D eigenvalue weighted by Crippen LogP contribution is -2.41. The Balaban J connectivity index is 1.66. The van der Waals surface area contributed by atoms with Crippen LogP contribution in [0.2, 0.25) is 5.02 Å². The molecule has 6 rings (SSSR count). The summed E-state index contributed by atoms with van der Waals surface area (Å²) in [6, 6.07) is 7.93. The highest BCUT2D eigenvalue weighted by molar-refractivity contribution is 6.34. The second-order valence-electron chi connectivity index (χ2n) is 10.5. The van der Waals surface area contributed by atoms with Crippen molar-refractivity contribution in [1.29, 1.82) is 0 Å². The van der Waals surface area contributed by atoms with Gasteiger partial charge in [-0.3, -0.25) is 23.4 Å². The summed E-state index contributed by atoms with van der Waals surface area (Å²) in [6.45, 7) is -0.294. The van der Waals surface area contributed by atoms with E-state index in [0.717, 1.165) is 21.3 Å². The van der Waals surface area contributed by atoms with Gasteiger partial charge in [-0.05, 0) is 59.5 Å². The fraction of sp³-hybridized carbons (Fsp3) is 0.233. The largest absolute Gasteiger partial charge is 0.496 e. The quantitative estimate of drug-likeness (QED) is 0.267. The van der Waals surface area contributed by atoms with Crippen molar-refractivity contribution in [2.24, 2.45) is 7.05 Å². The Morgan fingerprint density at radius 2 is 1.70 bits per heavy atom. The van der Waals surface area contributed by atoms with Crippen LogP contribution in [0.3, 0.4) is 0 Å². The smallest absolute Gasteiger partial charge is 0.332 e. The maximum absolute atomic E-state index is 14.2. The van der Waals surface area contributed by atoms with Gasteiger partial charge < -0.3 is 9.64 Å². The average molecular weight is 625 g/mol. The summed E-state index contributed by atoms with van der Waals surface area (Å²) in [5.41, 5.74) is 0.561. The molecule has 0 fully saturated rings. The first kappa shape index (κ1) is 29.2. The van der Waals surface area contributed by atoms with Gasteiger partial charge in [-0.15, -0.1) is 0 Å². The molecule has 226 valence electrons. The monoisotopic (exact) mass is 624 g/mol. The van der Waals surface area contributed by atoms with Gasteiger partial charge >= 0.3 is 5.69 Å². The SMILES string of the molecule is COc1cc(-c2c(Cl)ccc3c2CCN(C)C3=O)cc2c1c(=O)n(Cc1ncn(C)n1)c(=O)n2Cc1cc(F)c(F)c(F)c1. The van der Waals surface area contributed by atoms with E-state index in [0.29, 0.717) is 40.2 Å². The number of rotatable bonds is 6. The van der Waals surface area contributed by atoms with Gasteiger partial charge in [0.25, 0.3) is 11.5 Å². The van der Waals surface area contributed by atoms with Gasteiger partial charge in [0, 0.05) is 36.8 Å². The van der Waals surface area contributed by atoms with E-state index < -0.39 is 35.2 Å². The molecule has 44 heavy (non-hydrogen) atoms. The second-order valence-corrected chi connectivity index (χ2v) is 10.9. The predicted molar refractivity (Wildman–Crippen MR) is 156 cm³/mol. The molecule has 3 aromatic carbocycles. The Bertz CT molecular complexity index is 2100. The summed E-state index contributed by atoms with van der Waals surface area (Å²) in [5, 5.41) is 4.47. The standard InChI is InChI=1S/C30H24ClF3N6O4/c1-37-7-6-17-18(28(37)41)4-5-19(31)25(17)16-10-22-26(23(11-16)44-3)29(42)40(13-24-35-14-38(2)36-24)30(43)39(22)12-15-8-20(32)27(34)21(33)9-15/h4-5,8-11,14H,6-7,12-13H2,1-3H3. The first-order valence-electron chi connectivity index (χ1n) is 13.4. The molecule has 0 N–H and O–H groups in total. The van der Waals surface area contributed by atoms with Gasteiger partial charge in [0.05, 0.1) is 25.7 Å². The fourth-order valence-electron chi connectivity index (χ4n) is 5.55. The minimum absolute atomic E-state index is 0.00781. The topological polar surface area (TPSA) is 104 Å². The van der Waals surface area contributed by atoms with Gasteiger partial charge in [-0.25, -0.2) is 22.9 Å². The Hall–Kier alpha value is -4.91. The molecule has 0 bridgehead atoms. The number of hydrogen-bond donors (Lipinski definition) is 0. The first-order valence-corrected chi connectivity index (χ1v) is 13.8. The van der Waals surface area contributed by atoms with Gasteiger partial charge in [-0.2, -0.15) is 5.10 Å². The fourth-order valence-corrected chi connectivity index (χ4v) is 5.84. The van der Waals surface area contributed by atoms with E-state index >= 15 is 0 Å². The maximum Gasteiger partial charge on any atom is 0.332 e. The van der Waals surface area contributed by atoms with Crippen molar-refractivity contribution >= 4 is 28.4 Å². The minimum Gasteiger partial charge on any atom is -0.496 e. The molecule has 0 atom stereocenters. The normalized spacial score (nSPS) is 13.1. The molecule has 14 heteroatoms. The number of amides is 1. The van der Waals surface area contributed by atoms with Crippen molar-refractivity contribution in [1.82, 2.24) is 28.8 Å². The van der Waals surface area contributed by atoms with Crippen LogP contribution < -0.4 is 16.0 Å². The van der Waals surface area contributed by atoms with Crippen LogP contribution in [0.15, 0.2) is 52.3 Å². The maximum atomic E-state index is 14.2. The third kappa shape index (κ3) is 4.82. The lowest BCUT2D eigenvalue weighted by molar-refractivity contribution is 0.0781. The zero-order chi connectivity index (χ0) is 31.4. The number of ether oxygens (including phenoxy) is 1. The van der Waals surface area contributed by atoms with Crippen LogP contribution in [0.5, 0.6) is 5.75 Å². The minimum atomic E-state index is -1.65. The molecule has 1 amide bonds. The number of nitrogens with zero attached hydrogens (tertiary/aromatic N) is 6. The number of fused-ring (bicyclic) bond motifs is 2. The van der Waals surface area contributed by atoms with Crippen LogP contribution in [0.1, 0.15) is 27.3 Å². The summed E-state index contributed by atoms with van der Waals surface area (Å²) in [5.74, 6) is -4.43. The molecule has 0 unspecified atom stereocenters. The van der Waals surface area contributed by atoms with E-state index in [9.17, 15) is 27.6 Å². The van der Waals surface area contributed by atoms with E-state index in [1.54, 1.807) is 43.3 Å².